The second kappa shape index (κ2) is 7.20. The van der Waals surface area contributed by atoms with Crippen LogP contribution in [0.5, 0.6) is 0 Å². The second-order valence-electron chi connectivity index (χ2n) is 4.61. The van der Waals surface area contributed by atoms with Crippen LogP contribution in [0.15, 0.2) is 30.3 Å². The summed E-state index contributed by atoms with van der Waals surface area (Å²) in [5.74, 6) is -1.47. The van der Waals surface area contributed by atoms with E-state index in [0.29, 0.717) is 24.3 Å². The molecule has 0 aliphatic rings. The van der Waals surface area contributed by atoms with Gasteiger partial charge in [0.05, 0.1) is 17.2 Å². The number of benzene rings is 1. The van der Waals surface area contributed by atoms with E-state index in [-0.39, 0.29) is 17.2 Å². The summed E-state index contributed by atoms with van der Waals surface area (Å²) in [7, 11) is 0. The molecule has 1 amide bonds. The van der Waals surface area contributed by atoms with E-state index in [1.165, 1.54) is 0 Å². The van der Waals surface area contributed by atoms with Crippen molar-refractivity contribution in [3.8, 4) is 6.07 Å². The molecular weight excluding hydrogens is 299 g/mol. The number of pyridine rings is 1. The standard InChI is InChI=1S/C15H15FN6O/c16-12-7-11(13(19)23)14(22-15(12)20-5-4-17)21-10-3-1-2-9(6-10)8-18/h1-3,6-7H,4-5,17H2,(H2,19,23)(H2,20,21,22). The van der Waals surface area contributed by atoms with Gasteiger partial charge in [-0.25, -0.2) is 9.37 Å². The molecule has 1 aromatic heterocycles. The number of primary amides is 1. The van der Waals surface area contributed by atoms with Crippen LogP contribution in [-0.4, -0.2) is 24.0 Å². The summed E-state index contributed by atoms with van der Waals surface area (Å²) >= 11 is 0. The highest BCUT2D eigenvalue weighted by atomic mass is 19.1. The molecule has 2 aromatic rings. The highest BCUT2D eigenvalue weighted by molar-refractivity contribution is 5.98. The number of halogens is 1. The molecular formula is C15H15FN6O. The van der Waals surface area contributed by atoms with Crippen LogP contribution in [-0.2, 0) is 0 Å². The van der Waals surface area contributed by atoms with E-state index >= 15 is 0 Å². The Hall–Kier alpha value is -3.18. The van der Waals surface area contributed by atoms with Crippen LogP contribution < -0.4 is 22.1 Å². The summed E-state index contributed by atoms with van der Waals surface area (Å²) in [4.78, 5) is 15.5. The van der Waals surface area contributed by atoms with Crippen LogP contribution in [0.4, 0.5) is 21.7 Å². The fraction of sp³-hybridized carbons (Fsp3) is 0.133. The van der Waals surface area contributed by atoms with Crippen molar-refractivity contribution in [2.75, 3.05) is 23.7 Å². The highest BCUT2D eigenvalue weighted by Gasteiger charge is 2.16. The van der Waals surface area contributed by atoms with Crippen molar-refractivity contribution in [1.29, 1.82) is 5.26 Å². The third-order valence-electron chi connectivity index (χ3n) is 2.93. The number of carbonyl (C=O) groups is 1. The van der Waals surface area contributed by atoms with Crippen LogP contribution in [0.1, 0.15) is 15.9 Å². The van der Waals surface area contributed by atoms with Crippen molar-refractivity contribution in [3.63, 3.8) is 0 Å². The molecule has 0 radical (unpaired) electrons. The number of rotatable bonds is 6. The van der Waals surface area contributed by atoms with Gasteiger partial charge in [0, 0.05) is 18.8 Å². The first-order valence-electron chi connectivity index (χ1n) is 6.76. The Kier molecular flexibility index (Phi) is 5.07. The Bertz CT molecular complexity index is 771. The molecule has 0 atom stereocenters. The Balaban J connectivity index is 2.41. The SMILES string of the molecule is N#Cc1cccc(Nc2nc(NCCN)c(F)cc2C(N)=O)c1. The fourth-order valence-corrected chi connectivity index (χ4v) is 1.89. The van der Waals surface area contributed by atoms with Gasteiger partial charge < -0.3 is 22.1 Å². The number of anilines is 3. The summed E-state index contributed by atoms with van der Waals surface area (Å²) < 4.78 is 13.9. The van der Waals surface area contributed by atoms with Crippen LogP contribution in [0.2, 0.25) is 0 Å². The minimum atomic E-state index is -0.819. The Morgan fingerprint density at radius 2 is 2.13 bits per heavy atom. The first-order valence-corrected chi connectivity index (χ1v) is 6.76. The molecule has 8 heteroatoms. The largest absolute Gasteiger partial charge is 0.366 e. The third kappa shape index (κ3) is 3.93. The Morgan fingerprint density at radius 1 is 1.35 bits per heavy atom. The number of nitriles is 1. The molecule has 0 aliphatic heterocycles. The summed E-state index contributed by atoms with van der Waals surface area (Å²) in [6.45, 7) is 0.620. The smallest absolute Gasteiger partial charge is 0.252 e. The monoisotopic (exact) mass is 314 g/mol. The molecule has 2 rings (SSSR count). The van der Waals surface area contributed by atoms with Crippen molar-refractivity contribution in [1.82, 2.24) is 4.98 Å². The molecule has 23 heavy (non-hydrogen) atoms. The number of hydrogen-bond donors (Lipinski definition) is 4. The molecule has 0 unspecified atom stereocenters. The van der Waals surface area contributed by atoms with Gasteiger partial charge in [0.1, 0.15) is 5.82 Å². The lowest BCUT2D eigenvalue weighted by molar-refractivity contribution is 0.100. The van der Waals surface area contributed by atoms with Gasteiger partial charge >= 0.3 is 0 Å². The van der Waals surface area contributed by atoms with Crippen LogP contribution >= 0.6 is 0 Å². The van der Waals surface area contributed by atoms with Crippen molar-refractivity contribution in [2.24, 2.45) is 11.5 Å². The molecule has 0 spiro atoms. The average molecular weight is 314 g/mol. The number of nitrogens with two attached hydrogens (primary N) is 2. The zero-order valence-electron chi connectivity index (χ0n) is 12.1. The van der Waals surface area contributed by atoms with E-state index in [9.17, 15) is 9.18 Å². The van der Waals surface area contributed by atoms with Crippen molar-refractivity contribution in [2.45, 2.75) is 0 Å². The van der Waals surface area contributed by atoms with Gasteiger partial charge in [-0.3, -0.25) is 4.79 Å². The molecule has 1 heterocycles. The predicted octanol–water partition coefficient (Wildman–Crippen LogP) is 1.31. The Morgan fingerprint density at radius 3 is 2.78 bits per heavy atom. The fourth-order valence-electron chi connectivity index (χ4n) is 1.89. The highest BCUT2D eigenvalue weighted by Crippen LogP contribution is 2.24. The lowest BCUT2D eigenvalue weighted by Crippen LogP contribution is -2.18. The predicted molar refractivity (Wildman–Crippen MR) is 84.7 cm³/mol. The van der Waals surface area contributed by atoms with Gasteiger partial charge in [0.2, 0.25) is 0 Å². The van der Waals surface area contributed by atoms with Gasteiger partial charge in [-0.2, -0.15) is 5.26 Å². The van der Waals surface area contributed by atoms with Crippen molar-refractivity contribution in [3.05, 3.63) is 47.3 Å². The van der Waals surface area contributed by atoms with Crippen molar-refractivity contribution < 1.29 is 9.18 Å². The van der Waals surface area contributed by atoms with E-state index in [1.54, 1.807) is 24.3 Å². The quantitative estimate of drug-likeness (QED) is 0.636. The van der Waals surface area contributed by atoms with E-state index in [1.807, 2.05) is 6.07 Å². The molecule has 1 aromatic carbocycles. The molecule has 0 saturated carbocycles. The maximum absolute atomic E-state index is 13.9. The normalized spacial score (nSPS) is 9.96. The second-order valence-corrected chi connectivity index (χ2v) is 4.61. The number of nitrogens with one attached hydrogen (secondary N) is 2. The topological polar surface area (TPSA) is 130 Å². The lowest BCUT2D eigenvalue weighted by atomic mass is 10.2. The molecule has 0 bridgehead atoms. The van der Waals surface area contributed by atoms with E-state index in [2.05, 4.69) is 15.6 Å². The zero-order chi connectivity index (χ0) is 16.8. The molecule has 0 aliphatic carbocycles. The average Bonchev–Trinajstić information content (AvgIpc) is 2.54. The number of aromatic nitrogens is 1. The number of nitrogens with zero attached hydrogens (tertiary/aromatic N) is 2. The van der Waals surface area contributed by atoms with Gasteiger partial charge in [-0.15, -0.1) is 0 Å². The number of carbonyl (C=O) groups excluding carboxylic acids is 1. The maximum Gasteiger partial charge on any atom is 0.252 e. The number of hydrogen-bond acceptors (Lipinski definition) is 6. The maximum atomic E-state index is 13.9. The van der Waals surface area contributed by atoms with Crippen LogP contribution in [0, 0.1) is 17.1 Å². The van der Waals surface area contributed by atoms with Gasteiger partial charge in [-0.05, 0) is 24.3 Å². The summed E-state index contributed by atoms with van der Waals surface area (Å²) in [5, 5.41) is 14.5. The number of amides is 1. The molecule has 0 fully saturated rings. The molecule has 118 valence electrons. The zero-order valence-corrected chi connectivity index (χ0v) is 12.1. The van der Waals surface area contributed by atoms with E-state index in [4.69, 9.17) is 16.7 Å². The lowest BCUT2D eigenvalue weighted by Gasteiger charge is -2.13. The summed E-state index contributed by atoms with van der Waals surface area (Å²) in [5.41, 5.74) is 11.5. The van der Waals surface area contributed by atoms with Crippen LogP contribution in [0.3, 0.4) is 0 Å². The molecule has 6 N–H and O–H groups in total. The molecule has 0 saturated heterocycles. The summed E-state index contributed by atoms with van der Waals surface area (Å²) in [6, 6.07) is 9.56. The van der Waals surface area contributed by atoms with E-state index < -0.39 is 11.7 Å². The van der Waals surface area contributed by atoms with Crippen molar-refractivity contribution >= 4 is 23.2 Å². The van der Waals surface area contributed by atoms with E-state index in [0.717, 1.165) is 6.07 Å². The Labute approximate surface area is 132 Å². The molecule has 7 nitrogen and oxygen atoms in total. The van der Waals surface area contributed by atoms with Gasteiger partial charge in [-0.1, -0.05) is 6.07 Å². The van der Waals surface area contributed by atoms with Gasteiger partial charge in [0.25, 0.3) is 5.91 Å². The first kappa shape index (κ1) is 16.2. The van der Waals surface area contributed by atoms with Gasteiger partial charge in [0.15, 0.2) is 11.6 Å². The van der Waals surface area contributed by atoms with Crippen LogP contribution in [0.25, 0.3) is 0 Å². The third-order valence-corrected chi connectivity index (χ3v) is 2.93. The minimum Gasteiger partial charge on any atom is -0.366 e. The minimum absolute atomic E-state index is 0.0422. The first-order chi connectivity index (χ1) is 11.0. The summed E-state index contributed by atoms with van der Waals surface area (Å²) in [6.07, 6.45) is 0.